The minimum atomic E-state index is -0.151. The van der Waals surface area contributed by atoms with Gasteiger partial charge >= 0.3 is 0 Å². The predicted molar refractivity (Wildman–Crippen MR) is 140 cm³/mol. The van der Waals surface area contributed by atoms with Gasteiger partial charge in [0.1, 0.15) is 12.4 Å². The summed E-state index contributed by atoms with van der Waals surface area (Å²) in [4.78, 5) is 15.5. The third kappa shape index (κ3) is 6.12. The Kier molecular flexibility index (Phi) is 8.59. The van der Waals surface area contributed by atoms with Gasteiger partial charge in [-0.1, -0.05) is 58.1 Å². The number of benzene rings is 2. The van der Waals surface area contributed by atoms with Gasteiger partial charge in [0.15, 0.2) is 11.5 Å². The Morgan fingerprint density at radius 2 is 1.69 bits per heavy atom. The van der Waals surface area contributed by atoms with Crippen molar-refractivity contribution in [3.8, 4) is 17.2 Å². The summed E-state index contributed by atoms with van der Waals surface area (Å²) in [6, 6.07) is 12.2. The normalized spacial score (nSPS) is 18.3. The molecule has 1 fully saturated rings. The van der Waals surface area contributed by atoms with E-state index in [-0.39, 0.29) is 11.9 Å². The van der Waals surface area contributed by atoms with Crippen molar-refractivity contribution in [1.82, 2.24) is 4.90 Å². The van der Waals surface area contributed by atoms with E-state index in [2.05, 4.69) is 32.0 Å². The molecule has 190 valence electrons. The fraction of sp³-hybridized carbons (Fsp3) is 0.567. The van der Waals surface area contributed by atoms with Crippen molar-refractivity contribution in [1.29, 1.82) is 0 Å². The Morgan fingerprint density at radius 3 is 2.34 bits per heavy atom. The first-order chi connectivity index (χ1) is 17.0. The summed E-state index contributed by atoms with van der Waals surface area (Å²) in [5, 5.41) is 0. The van der Waals surface area contributed by atoms with E-state index in [1.807, 2.05) is 23.1 Å². The number of nitrogens with zero attached hydrogens (tertiary/aromatic N) is 1. The van der Waals surface area contributed by atoms with E-state index in [1.165, 1.54) is 43.2 Å². The van der Waals surface area contributed by atoms with Gasteiger partial charge in [-0.05, 0) is 65.6 Å². The first-order valence-electron chi connectivity index (χ1n) is 13.3. The lowest BCUT2D eigenvalue weighted by atomic mass is 9.85. The van der Waals surface area contributed by atoms with Gasteiger partial charge in [-0.3, -0.25) is 4.79 Å². The van der Waals surface area contributed by atoms with Crippen LogP contribution >= 0.6 is 0 Å². The molecule has 1 saturated carbocycles. The van der Waals surface area contributed by atoms with Crippen LogP contribution in [0.4, 0.5) is 0 Å². The fourth-order valence-electron chi connectivity index (χ4n) is 5.58. The predicted octanol–water partition coefficient (Wildman–Crippen LogP) is 6.69. The molecule has 1 aliphatic carbocycles. The second kappa shape index (κ2) is 11.8. The van der Waals surface area contributed by atoms with Crippen molar-refractivity contribution < 1.29 is 19.0 Å². The van der Waals surface area contributed by atoms with Crippen LogP contribution in [0.5, 0.6) is 17.2 Å². The van der Waals surface area contributed by atoms with Crippen LogP contribution in [-0.4, -0.2) is 38.2 Å². The topological polar surface area (TPSA) is 48.0 Å². The SMILES string of the molecule is COc1cc2c(cc1OC)C(COc1ccc(C(C)C)cc1)N(C(=O)CCC1CCCCC1)CC2. The number of fused-ring (bicyclic) bond motifs is 1. The molecule has 2 aromatic carbocycles. The van der Waals surface area contributed by atoms with Crippen LogP contribution in [-0.2, 0) is 11.2 Å². The van der Waals surface area contributed by atoms with E-state index in [0.717, 1.165) is 29.9 Å². The molecule has 1 atom stereocenters. The Labute approximate surface area is 210 Å². The molecule has 1 unspecified atom stereocenters. The zero-order valence-corrected chi connectivity index (χ0v) is 21.8. The zero-order chi connectivity index (χ0) is 24.8. The highest BCUT2D eigenvalue weighted by Gasteiger charge is 2.33. The van der Waals surface area contributed by atoms with Crippen molar-refractivity contribution in [3.63, 3.8) is 0 Å². The molecule has 0 bridgehead atoms. The minimum Gasteiger partial charge on any atom is -0.493 e. The van der Waals surface area contributed by atoms with Crippen LogP contribution in [0.3, 0.4) is 0 Å². The summed E-state index contributed by atoms with van der Waals surface area (Å²) < 4.78 is 17.4. The molecule has 2 aromatic rings. The monoisotopic (exact) mass is 479 g/mol. The summed E-state index contributed by atoms with van der Waals surface area (Å²) in [6.07, 6.45) is 8.93. The maximum atomic E-state index is 13.5. The molecule has 1 aliphatic heterocycles. The van der Waals surface area contributed by atoms with Gasteiger partial charge in [-0.2, -0.15) is 0 Å². The third-order valence-corrected chi connectivity index (χ3v) is 7.77. The number of ether oxygens (including phenoxy) is 3. The summed E-state index contributed by atoms with van der Waals surface area (Å²) >= 11 is 0. The Bertz CT molecular complexity index is 979. The molecule has 0 radical (unpaired) electrons. The van der Waals surface area contributed by atoms with Crippen LogP contribution in [0.25, 0.3) is 0 Å². The van der Waals surface area contributed by atoms with Crippen LogP contribution in [0, 0.1) is 5.92 Å². The van der Waals surface area contributed by atoms with Crippen molar-refractivity contribution >= 4 is 5.91 Å². The number of hydrogen-bond donors (Lipinski definition) is 0. The lowest BCUT2D eigenvalue weighted by Crippen LogP contribution is -2.42. The van der Waals surface area contributed by atoms with Crippen LogP contribution < -0.4 is 14.2 Å². The highest BCUT2D eigenvalue weighted by atomic mass is 16.5. The highest BCUT2D eigenvalue weighted by Crippen LogP contribution is 2.39. The maximum absolute atomic E-state index is 13.5. The molecule has 1 heterocycles. The molecule has 0 aromatic heterocycles. The molecule has 0 spiro atoms. The van der Waals surface area contributed by atoms with Gasteiger partial charge in [0.05, 0.1) is 20.3 Å². The molecule has 35 heavy (non-hydrogen) atoms. The van der Waals surface area contributed by atoms with Crippen molar-refractivity contribution in [3.05, 3.63) is 53.1 Å². The highest BCUT2D eigenvalue weighted by molar-refractivity contribution is 5.77. The van der Waals surface area contributed by atoms with Gasteiger partial charge < -0.3 is 19.1 Å². The van der Waals surface area contributed by atoms with Gasteiger partial charge in [-0.25, -0.2) is 0 Å². The van der Waals surface area contributed by atoms with Gasteiger partial charge in [0.25, 0.3) is 0 Å². The van der Waals surface area contributed by atoms with Crippen LogP contribution in [0.15, 0.2) is 36.4 Å². The number of carbonyl (C=O) groups excluding carboxylic acids is 1. The number of amides is 1. The van der Waals surface area contributed by atoms with Gasteiger partial charge in [0, 0.05) is 13.0 Å². The van der Waals surface area contributed by atoms with Crippen molar-refractivity contribution in [2.24, 2.45) is 5.92 Å². The first-order valence-corrected chi connectivity index (χ1v) is 13.3. The van der Waals surface area contributed by atoms with Crippen LogP contribution in [0.2, 0.25) is 0 Å². The fourth-order valence-corrected chi connectivity index (χ4v) is 5.58. The molecule has 0 saturated heterocycles. The quantitative estimate of drug-likeness (QED) is 0.402. The summed E-state index contributed by atoms with van der Waals surface area (Å²) in [5.74, 6) is 3.66. The summed E-state index contributed by atoms with van der Waals surface area (Å²) in [5.41, 5.74) is 3.58. The number of carbonyl (C=O) groups is 1. The van der Waals surface area contributed by atoms with Gasteiger partial charge in [0.2, 0.25) is 5.91 Å². The Morgan fingerprint density at radius 1 is 1.00 bits per heavy atom. The van der Waals surface area contributed by atoms with E-state index >= 15 is 0 Å². The molecule has 0 N–H and O–H groups in total. The Balaban J connectivity index is 1.54. The number of hydrogen-bond acceptors (Lipinski definition) is 4. The number of methoxy groups -OCH3 is 2. The molecule has 4 rings (SSSR count). The zero-order valence-electron chi connectivity index (χ0n) is 21.8. The van der Waals surface area contributed by atoms with E-state index in [1.54, 1.807) is 14.2 Å². The van der Waals surface area contributed by atoms with Crippen molar-refractivity contribution in [2.75, 3.05) is 27.4 Å². The second-order valence-corrected chi connectivity index (χ2v) is 10.3. The van der Waals surface area contributed by atoms with E-state index in [4.69, 9.17) is 14.2 Å². The first kappa shape index (κ1) is 25.4. The smallest absolute Gasteiger partial charge is 0.223 e. The molecular formula is C30H41NO4. The average Bonchev–Trinajstić information content (AvgIpc) is 2.90. The second-order valence-electron chi connectivity index (χ2n) is 10.3. The standard InChI is InChI=1S/C30H41NO4/c1-21(2)23-11-13-25(14-12-23)35-20-27-26-19-29(34-4)28(33-3)18-24(26)16-17-31(27)30(32)15-10-22-8-6-5-7-9-22/h11-14,18-19,21-22,27H,5-10,15-17,20H2,1-4H3. The largest absolute Gasteiger partial charge is 0.493 e. The minimum absolute atomic E-state index is 0.151. The summed E-state index contributed by atoms with van der Waals surface area (Å²) in [7, 11) is 3.32. The summed E-state index contributed by atoms with van der Waals surface area (Å²) in [6.45, 7) is 5.49. The van der Waals surface area contributed by atoms with Gasteiger partial charge in [-0.15, -0.1) is 0 Å². The third-order valence-electron chi connectivity index (χ3n) is 7.77. The van der Waals surface area contributed by atoms with Crippen LogP contribution in [0.1, 0.15) is 87.4 Å². The maximum Gasteiger partial charge on any atom is 0.223 e. The molecule has 1 amide bonds. The lowest BCUT2D eigenvalue weighted by Gasteiger charge is -2.38. The van der Waals surface area contributed by atoms with E-state index < -0.39 is 0 Å². The lowest BCUT2D eigenvalue weighted by molar-refractivity contribution is -0.135. The average molecular weight is 480 g/mol. The van der Waals surface area contributed by atoms with E-state index in [9.17, 15) is 4.79 Å². The molecule has 5 heteroatoms. The van der Waals surface area contributed by atoms with E-state index in [0.29, 0.717) is 37.2 Å². The molecule has 5 nitrogen and oxygen atoms in total. The number of rotatable bonds is 9. The van der Waals surface area contributed by atoms with Crippen molar-refractivity contribution in [2.45, 2.75) is 77.2 Å². The Hall–Kier alpha value is -2.69. The molecule has 2 aliphatic rings. The molecular weight excluding hydrogens is 438 g/mol.